The molecule has 0 unspecified atom stereocenters. The van der Waals surface area contributed by atoms with Crippen LogP contribution in [0.4, 0.5) is 5.95 Å². The Balaban J connectivity index is 1.91. The first-order valence-electron chi connectivity index (χ1n) is 5.60. The lowest BCUT2D eigenvalue weighted by molar-refractivity contribution is 0.377. The number of methoxy groups -OCH3 is 1. The minimum Gasteiger partial charge on any atom is -0.481 e. The fraction of sp³-hybridized carbons (Fsp3) is 0.455. The molecule has 0 atom stereocenters. The van der Waals surface area contributed by atoms with Gasteiger partial charge in [-0.25, -0.2) is 4.98 Å². The van der Waals surface area contributed by atoms with Crippen LogP contribution in [0.1, 0.15) is 17.4 Å². The van der Waals surface area contributed by atoms with Gasteiger partial charge in [-0.2, -0.15) is 9.97 Å². The molecule has 0 spiro atoms. The van der Waals surface area contributed by atoms with E-state index in [1.54, 1.807) is 20.1 Å². The van der Waals surface area contributed by atoms with Crippen molar-refractivity contribution in [3.63, 3.8) is 0 Å². The van der Waals surface area contributed by atoms with E-state index in [1.165, 1.54) is 0 Å². The van der Waals surface area contributed by atoms with Gasteiger partial charge in [0, 0.05) is 24.7 Å². The second-order valence-corrected chi connectivity index (χ2v) is 3.79. The highest BCUT2D eigenvalue weighted by Crippen LogP contribution is 2.11. The summed E-state index contributed by atoms with van der Waals surface area (Å²) in [6, 6.07) is 1.77. The van der Waals surface area contributed by atoms with E-state index in [2.05, 4.69) is 25.4 Å². The molecule has 2 aromatic heterocycles. The summed E-state index contributed by atoms with van der Waals surface area (Å²) >= 11 is 0. The van der Waals surface area contributed by atoms with Gasteiger partial charge in [-0.1, -0.05) is 5.16 Å². The number of ether oxygens (including phenoxy) is 1. The average Bonchev–Trinajstić information content (AvgIpc) is 2.74. The number of hydrogen-bond donors (Lipinski definition) is 1. The maximum absolute atomic E-state index is 5.07. The standard InChI is InChI=1S/C11H15N5O2/c1-7-6-10(17-3)15-11(13-7)12-5-4-9-14-8(2)16-18-9/h6H,4-5H2,1-3H3,(H,12,13,15). The first-order valence-corrected chi connectivity index (χ1v) is 5.60. The van der Waals surface area contributed by atoms with Gasteiger partial charge in [0.25, 0.3) is 0 Å². The summed E-state index contributed by atoms with van der Waals surface area (Å²) in [6.45, 7) is 4.29. The third-order valence-electron chi connectivity index (χ3n) is 2.23. The molecular formula is C11H15N5O2. The van der Waals surface area contributed by atoms with E-state index in [-0.39, 0.29) is 0 Å². The van der Waals surface area contributed by atoms with Crippen LogP contribution in [0.2, 0.25) is 0 Å². The zero-order valence-corrected chi connectivity index (χ0v) is 10.6. The van der Waals surface area contributed by atoms with Crippen LogP contribution in [0.5, 0.6) is 5.88 Å². The maximum atomic E-state index is 5.07. The number of aryl methyl sites for hydroxylation is 2. The summed E-state index contributed by atoms with van der Waals surface area (Å²) in [5, 5.41) is 6.81. The molecule has 0 radical (unpaired) electrons. The molecule has 2 heterocycles. The Morgan fingerprint density at radius 1 is 1.28 bits per heavy atom. The molecule has 0 aromatic carbocycles. The largest absolute Gasteiger partial charge is 0.481 e. The Hall–Kier alpha value is -2.18. The zero-order chi connectivity index (χ0) is 13.0. The van der Waals surface area contributed by atoms with Gasteiger partial charge >= 0.3 is 0 Å². The molecule has 18 heavy (non-hydrogen) atoms. The average molecular weight is 249 g/mol. The molecule has 0 fully saturated rings. The van der Waals surface area contributed by atoms with Gasteiger partial charge in [0.05, 0.1) is 7.11 Å². The van der Waals surface area contributed by atoms with E-state index in [0.29, 0.717) is 36.5 Å². The molecule has 0 amide bonds. The first-order chi connectivity index (χ1) is 8.67. The summed E-state index contributed by atoms with van der Waals surface area (Å²) in [5.74, 6) is 2.31. The van der Waals surface area contributed by atoms with Gasteiger partial charge in [-0.15, -0.1) is 0 Å². The van der Waals surface area contributed by atoms with E-state index in [1.807, 2.05) is 6.92 Å². The zero-order valence-electron chi connectivity index (χ0n) is 10.6. The minimum absolute atomic E-state index is 0.531. The molecular weight excluding hydrogens is 234 g/mol. The highest BCUT2D eigenvalue weighted by molar-refractivity contribution is 5.30. The van der Waals surface area contributed by atoms with Gasteiger partial charge in [0.2, 0.25) is 17.7 Å². The molecule has 2 aromatic rings. The topological polar surface area (TPSA) is 86.0 Å². The highest BCUT2D eigenvalue weighted by atomic mass is 16.5. The van der Waals surface area contributed by atoms with Crippen LogP contribution in [-0.2, 0) is 6.42 Å². The molecule has 0 aliphatic carbocycles. The van der Waals surface area contributed by atoms with Crippen LogP contribution < -0.4 is 10.1 Å². The summed E-state index contributed by atoms with van der Waals surface area (Å²) in [5.41, 5.74) is 0.845. The summed E-state index contributed by atoms with van der Waals surface area (Å²) in [7, 11) is 1.58. The highest BCUT2D eigenvalue weighted by Gasteiger charge is 2.04. The van der Waals surface area contributed by atoms with Crippen molar-refractivity contribution in [3.8, 4) is 5.88 Å². The van der Waals surface area contributed by atoms with Crippen molar-refractivity contribution in [1.29, 1.82) is 0 Å². The first kappa shape index (κ1) is 12.3. The lowest BCUT2D eigenvalue weighted by atomic mass is 10.4. The normalized spacial score (nSPS) is 10.4. The summed E-state index contributed by atoms with van der Waals surface area (Å²) < 4.78 is 10.1. The number of aromatic nitrogens is 4. The molecule has 0 saturated heterocycles. The molecule has 0 aliphatic heterocycles. The maximum Gasteiger partial charge on any atom is 0.228 e. The van der Waals surface area contributed by atoms with Gasteiger partial charge in [0.1, 0.15) is 0 Å². The van der Waals surface area contributed by atoms with Crippen LogP contribution >= 0.6 is 0 Å². The Morgan fingerprint density at radius 3 is 2.78 bits per heavy atom. The van der Waals surface area contributed by atoms with Crippen molar-refractivity contribution in [1.82, 2.24) is 20.1 Å². The fourth-order valence-electron chi connectivity index (χ4n) is 1.45. The lowest BCUT2D eigenvalue weighted by Gasteiger charge is -2.06. The molecule has 0 saturated carbocycles. The van der Waals surface area contributed by atoms with E-state index in [4.69, 9.17) is 9.26 Å². The van der Waals surface area contributed by atoms with Gasteiger partial charge in [0.15, 0.2) is 5.82 Å². The van der Waals surface area contributed by atoms with Crippen LogP contribution in [0.25, 0.3) is 0 Å². The van der Waals surface area contributed by atoms with Crippen molar-refractivity contribution in [2.24, 2.45) is 0 Å². The third-order valence-corrected chi connectivity index (χ3v) is 2.23. The third kappa shape index (κ3) is 3.16. The van der Waals surface area contributed by atoms with Crippen molar-refractivity contribution in [2.45, 2.75) is 20.3 Å². The Kier molecular flexibility index (Phi) is 3.71. The molecule has 96 valence electrons. The van der Waals surface area contributed by atoms with E-state index >= 15 is 0 Å². The minimum atomic E-state index is 0.531. The quantitative estimate of drug-likeness (QED) is 0.850. The van der Waals surface area contributed by atoms with Crippen molar-refractivity contribution < 1.29 is 9.26 Å². The molecule has 7 nitrogen and oxygen atoms in total. The van der Waals surface area contributed by atoms with Crippen LogP contribution in [0.3, 0.4) is 0 Å². The lowest BCUT2D eigenvalue weighted by Crippen LogP contribution is -2.09. The van der Waals surface area contributed by atoms with Crippen LogP contribution in [0.15, 0.2) is 10.6 Å². The monoisotopic (exact) mass is 249 g/mol. The number of nitrogens with one attached hydrogen (secondary N) is 1. The molecule has 1 N–H and O–H groups in total. The Bertz CT molecular complexity index is 526. The summed E-state index contributed by atoms with van der Waals surface area (Å²) in [6.07, 6.45) is 0.625. The van der Waals surface area contributed by atoms with Crippen molar-refractivity contribution >= 4 is 5.95 Å². The fourth-order valence-corrected chi connectivity index (χ4v) is 1.45. The molecule has 7 heteroatoms. The van der Waals surface area contributed by atoms with Crippen LogP contribution in [-0.4, -0.2) is 33.8 Å². The van der Waals surface area contributed by atoms with Gasteiger partial charge < -0.3 is 14.6 Å². The second-order valence-electron chi connectivity index (χ2n) is 3.79. The number of hydrogen-bond acceptors (Lipinski definition) is 7. The van der Waals surface area contributed by atoms with E-state index in [9.17, 15) is 0 Å². The second kappa shape index (κ2) is 5.44. The predicted octanol–water partition coefficient (Wildman–Crippen LogP) is 1.14. The number of rotatable bonds is 5. The van der Waals surface area contributed by atoms with Gasteiger partial charge in [-0.05, 0) is 13.8 Å². The SMILES string of the molecule is COc1cc(C)nc(NCCc2nc(C)no2)n1. The van der Waals surface area contributed by atoms with E-state index < -0.39 is 0 Å². The molecule has 2 rings (SSSR count). The number of anilines is 1. The number of nitrogens with zero attached hydrogens (tertiary/aromatic N) is 4. The molecule has 0 bridgehead atoms. The van der Waals surface area contributed by atoms with Crippen LogP contribution in [0, 0.1) is 13.8 Å². The Morgan fingerprint density at radius 2 is 2.11 bits per heavy atom. The van der Waals surface area contributed by atoms with Crippen molar-refractivity contribution in [2.75, 3.05) is 19.0 Å². The predicted molar refractivity (Wildman–Crippen MR) is 64.5 cm³/mol. The van der Waals surface area contributed by atoms with Gasteiger partial charge in [-0.3, -0.25) is 0 Å². The van der Waals surface area contributed by atoms with E-state index in [0.717, 1.165) is 5.69 Å². The smallest absolute Gasteiger partial charge is 0.228 e. The summed E-state index contributed by atoms with van der Waals surface area (Å²) in [4.78, 5) is 12.5. The van der Waals surface area contributed by atoms with Crippen molar-refractivity contribution in [3.05, 3.63) is 23.5 Å². The Labute approximate surface area is 105 Å². The molecule has 0 aliphatic rings.